The topological polar surface area (TPSA) is 88.6 Å². The van der Waals surface area contributed by atoms with Crippen molar-refractivity contribution in [3.63, 3.8) is 0 Å². The molecule has 130 valence electrons. The number of fused-ring (bicyclic) bond motifs is 1. The second-order valence-electron chi connectivity index (χ2n) is 6.42. The van der Waals surface area contributed by atoms with E-state index < -0.39 is 0 Å². The van der Waals surface area contributed by atoms with E-state index in [2.05, 4.69) is 30.0 Å². The summed E-state index contributed by atoms with van der Waals surface area (Å²) >= 11 is 0. The molecule has 4 heterocycles. The fourth-order valence-electron chi connectivity index (χ4n) is 3.29. The Hall–Kier alpha value is -2.74. The average Bonchev–Trinajstić information content (AvgIpc) is 3.22. The first-order chi connectivity index (χ1) is 12.2. The minimum atomic E-state index is -0.0810. The fraction of sp³-hybridized carbons (Fsp3) is 0.412. The van der Waals surface area contributed by atoms with E-state index >= 15 is 0 Å². The second kappa shape index (κ2) is 6.64. The van der Waals surface area contributed by atoms with Crippen molar-refractivity contribution in [2.75, 3.05) is 25.0 Å². The third-order valence-corrected chi connectivity index (χ3v) is 4.55. The summed E-state index contributed by atoms with van der Waals surface area (Å²) in [7, 11) is 0. The van der Waals surface area contributed by atoms with E-state index in [0.29, 0.717) is 18.3 Å². The Morgan fingerprint density at radius 3 is 2.92 bits per heavy atom. The van der Waals surface area contributed by atoms with Crippen molar-refractivity contribution in [3.8, 4) is 0 Å². The average molecular weight is 340 g/mol. The van der Waals surface area contributed by atoms with Crippen LogP contribution < -0.4 is 5.32 Å². The lowest BCUT2D eigenvalue weighted by Crippen LogP contribution is -2.39. The smallest absolute Gasteiger partial charge is 0.240 e. The van der Waals surface area contributed by atoms with Gasteiger partial charge in [0.15, 0.2) is 5.65 Å². The number of nitrogens with zero attached hydrogens (tertiary/aromatic N) is 5. The molecule has 0 saturated carbocycles. The molecular weight excluding hydrogens is 320 g/mol. The maximum Gasteiger partial charge on any atom is 0.240 e. The number of carbonyl (C=O) groups is 1. The number of likely N-dealkylation sites (tertiary alicyclic amines) is 1. The number of pyridine rings is 1. The predicted octanol–water partition coefficient (Wildman–Crippen LogP) is 1.84. The molecule has 0 bridgehead atoms. The zero-order valence-corrected chi connectivity index (χ0v) is 14.1. The molecule has 0 unspecified atom stereocenters. The third-order valence-electron chi connectivity index (χ3n) is 4.55. The molecule has 1 N–H and O–H groups in total. The molecule has 0 aromatic carbocycles. The first-order valence-corrected chi connectivity index (χ1v) is 8.44. The largest absolute Gasteiger partial charge is 0.338 e. The highest BCUT2D eigenvalue weighted by molar-refractivity contribution is 5.90. The van der Waals surface area contributed by atoms with Crippen LogP contribution in [0.15, 0.2) is 35.0 Å². The van der Waals surface area contributed by atoms with Crippen LogP contribution in [-0.2, 0) is 4.79 Å². The van der Waals surface area contributed by atoms with Gasteiger partial charge in [0.25, 0.3) is 0 Å². The summed E-state index contributed by atoms with van der Waals surface area (Å²) in [5.41, 5.74) is 1.62. The highest BCUT2D eigenvalue weighted by atomic mass is 16.5. The number of hydrogen-bond acceptors (Lipinski definition) is 6. The Morgan fingerprint density at radius 1 is 1.32 bits per heavy atom. The van der Waals surface area contributed by atoms with E-state index in [9.17, 15) is 4.79 Å². The number of rotatable bonds is 4. The Balaban J connectivity index is 1.33. The van der Waals surface area contributed by atoms with Crippen LogP contribution >= 0.6 is 0 Å². The van der Waals surface area contributed by atoms with Gasteiger partial charge in [-0.15, -0.1) is 10.2 Å². The van der Waals surface area contributed by atoms with Gasteiger partial charge >= 0.3 is 0 Å². The first-order valence-electron chi connectivity index (χ1n) is 8.44. The minimum Gasteiger partial charge on any atom is -0.338 e. The second-order valence-corrected chi connectivity index (χ2v) is 6.42. The van der Waals surface area contributed by atoms with Crippen LogP contribution in [0.25, 0.3) is 5.65 Å². The number of amides is 1. The molecule has 25 heavy (non-hydrogen) atoms. The van der Waals surface area contributed by atoms with E-state index in [4.69, 9.17) is 4.52 Å². The number of carbonyl (C=O) groups excluding carboxylic acids is 1. The van der Waals surface area contributed by atoms with Crippen LogP contribution in [0.1, 0.15) is 30.3 Å². The number of aromatic nitrogens is 4. The standard InChI is InChI=1S/C17H20N6O2/c1-12-10-16(25-21-12)18-15(24)11-22-8-5-13(6-9-22)17-20-19-14-4-2-3-7-23(14)17/h2-4,7,10,13H,5-6,8-9,11H2,1H3,(H,18,24). The molecule has 0 aliphatic carbocycles. The van der Waals surface area contributed by atoms with Gasteiger partial charge < -0.3 is 4.52 Å². The summed E-state index contributed by atoms with van der Waals surface area (Å²) in [6, 6.07) is 7.62. The Bertz CT molecular complexity index is 878. The number of piperidine rings is 1. The normalized spacial score (nSPS) is 16.4. The van der Waals surface area contributed by atoms with Gasteiger partial charge in [-0.25, -0.2) is 0 Å². The number of hydrogen-bond donors (Lipinski definition) is 1. The molecule has 0 spiro atoms. The lowest BCUT2D eigenvalue weighted by atomic mass is 9.96. The Morgan fingerprint density at radius 2 is 2.16 bits per heavy atom. The van der Waals surface area contributed by atoms with Crippen LogP contribution in [0.2, 0.25) is 0 Å². The molecule has 8 heteroatoms. The van der Waals surface area contributed by atoms with E-state index in [0.717, 1.165) is 43.1 Å². The first kappa shape index (κ1) is 15.8. The zero-order valence-electron chi connectivity index (χ0n) is 14.1. The summed E-state index contributed by atoms with van der Waals surface area (Å²) in [5.74, 6) is 1.69. The maximum absolute atomic E-state index is 12.1. The Kier molecular flexibility index (Phi) is 4.19. The summed E-state index contributed by atoms with van der Waals surface area (Å²) in [4.78, 5) is 14.3. The Labute approximate surface area is 144 Å². The summed E-state index contributed by atoms with van der Waals surface area (Å²) in [5, 5.41) is 15.1. The van der Waals surface area contributed by atoms with Gasteiger partial charge in [0.1, 0.15) is 5.82 Å². The van der Waals surface area contributed by atoms with E-state index in [1.54, 1.807) is 6.07 Å². The summed E-state index contributed by atoms with van der Waals surface area (Å²) in [6.45, 7) is 3.88. The molecule has 3 aromatic rings. The quantitative estimate of drug-likeness (QED) is 0.780. The SMILES string of the molecule is Cc1cc(NC(=O)CN2CCC(c3nnc4ccccn34)CC2)on1. The molecule has 1 saturated heterocycles. The molecule has 0 atom stereocenters. The van der Waals surface area contributed by atoms with Crippen LogP contribution in [0, 0.1) is 6.92 Å². The summed E-state index contributed by atoms with van der Waals surface area (Å²) in [6.07, 6.45) is 3.93. The van der Waals surface area contributed by atoms with Crippen LogP contribution in [0.5, 0.6) is 0 Å². The van der Waals surface area contributed by atoms with Crippen LogP contribution in [0.3, 0.4) is 0 Å². The van der Waals surface area contributed by atoms with Crippen LogP contribution in [0.4, 0.5) is 5.88 Å². The minimum absolute atomic E-state index is 0.0810. The third kappa shape index (κ3) is 3.39. The molecule has 1 fully saturated rings. The molecule has 4 rings (SSSR count). The molecule has 1 amide bonds. The predicted molar refractivity (Wildman–Crippen MR) is 91.3 cm³/mol. The van der Waals surface area contributed by atoms with Crippen molar-refractivity contribution in [2.45, 2.75) is 25.7 Å². The van der Waals surface area contributed by atoms with Crippen molar-refractivity contribution in [1.82, 2.24) is 24.7 Å². The number of aryl methyl sites for hydroxylation is 1. The van der Waals surface area contributed by atoms with Crippen molar-refractivity contribution >= 4 is 17.4 Å². The molecule has 8 nitrogen and oxygen atoms in total. The zero-order chi connectivity index (χ0) is 17.2. The molecule has 0 radical (unpaired) electrons. The van der Waals surface area contributed by atoms with Gasteiger partial charge in [-0.05, 0) is 45.0 Å². The molecule has 1 aliphatic rings. The van der Waals surface area contributed by atoms with E-state index in [1.807, 2.05) is 31.3 Å². The van der Waals surface area contributed by atoms with Crippen molar-refractivity contribution in [1.29, 1.82) is 0 Å². The van der Waals surface area contributed by atoms with E-state index in [-0.39, 0.29) is 5.91 Å². The van der Waals surface area contributed by atoms with Gasteiger partial charge in [-0.3, -0.25) is 19.4 Å². The van der Waals surface area contributed by atoms with E-state index in [1.165, 1.54) is 0 Å². The number of anilines is 1. The van der Waals surface area contributed by atoms with Gasteiger partial charge in [0.2, 0.25) is 11.8 Å². The maximum atomic E-state index is 12.1. The van der Waals surface area contributed by atoms with Crippen molar-refractivity contribution in [2.24, 2.45) is 0 Å². The lowest BCUT2D eigenvalue weighted by molar-refractivity contribution is -0.117. The summed E-state index contributed by atoms with van der Waals surface area (Å²) < 4.78 is 7.07. The molecule has 3 aromatic heterocycles. The van der Waals surface area contributed by atoms with Crippen molar-refractivity contribution < 1.29 is 9.32 Å². The van der Waals surface area contributed by atoms with Gasteiger partial charge in [0, 0.05) is 18.2 Å². The number of nitrogens with one attached hydrogen (secondary N) is 1. The fourth-order valence-corrected chi connectivity index (χ4v) is 3.29. The molecule has 1 aliphatic heterocycles. The molecular formula is C17H20N6O2. The van der Waals surface area contributed by atoms with Crippen molar-refractivity contribution in [3.05, 3.63) is 42.0 Å². The highest BCUT2D eigenvalue weighted by Crippen LogP contribution is 2.27. The van der Waals surface area contributed by atoms with Gasteiger partial charge in [-0.2, -0.15) is 0 Å². The van der Waals surface area contributed by atoms with Gasteiger partial charge in [-0.1, -0.05) is 11.2 Å². The van der Waals surface area contributed by atoms with Gasteiger partial charge in [0.05, 0.1) is 12.2 Å². The highest BCUT2D eigenvalue weighted by Gasteiger charge is 2.25. The lowest BCUT2D eigenvalue weighted by Gasteiger charge is -2.30. The monoisotopic (exact) mass is 340 g/mol. The van der Waals surface area contributed by atoms with Crippen LogP contribution in [-0.4, -0.2) is 50.2 Å².